The SMILES string of the molecule is CN(C(=S)c1ccc2c(c1)CCC2NC(=O)OC(C)(C)C)[Si](C)(C)C. The molecule has 0 saturated carbocycles. The first kappa shape index (κ1) is 19.9. The number of carbonyl (C=O) groups is 1. The molecular formula is C19H30N2O2SSi. The Kier molecular flexibility index (Phi) is 5.64. The van der Waals surface area contributed by atoms with Gasteiger partial charge >= 0.3 is 6.09 Å². The van der Waals surface area contributed by atoms with Crippen molar-refractivity contribution in [2.45, 2.75) is 64.9 Å². The summed E-state index contributed by atoms with van der Waals surface area (Å²) in [6.07, 6.45) is 1.49. The van der Waals surface area contributed by atoms with Gasteiger partial charge in [-0.2, -0.15) is 0 Å². The van der Waals surface area contributed by atoms with E-state index in [9.17, 15) is 4.79 Å². The van der Waals surface area contributed by atoms with E-state index in [1.807, 2.05) is 20.8 Å². The molecule has 0 spiro atoms. The lowest BCUT2D eigenvalue weighted by molar-refractivity contribution is 0.0503. The van der Waals surface area contributed by atoms with Crippen LogP contribution in [-0.2, 0) is 11.2 Å². The van der Waals surface area contributed by atoms with Crippen molar-refractivity contribution in [2.75, 3.05) is 7.05 Å². The lowest BCUT2D eigenvalue weighted by atomic mass is 10.0. The molecular weight excluding hydrogens is 348 g/mol. The Bertz CT molecular complexity index is 677. The van der Waals surface area contributed by atoms with Crippen LogP contribution < -0.4 is 5.32 Å². The molecule has 2 rings (SSSR count). The number of nitrogens with one attached hydrogen (secondary N) is 1. The summed E-state index contributed by atoms with van der Waals surface area (Å²) in [7, 11) is 0.620. The third kappa shape index (κ3) is 5.04. The van der Waals surface area contributed by atoms with Crippen LogP contribution in [0, 0.1) is 0 Å². The molecule has 0 aliphatic heterocycles. The Hall–Kier alpha value is -1.40. The largest absolute Gasteiger partial charge is 0.444 e. The molecule has 6 heteroatoms. The predicted molar refractivity (Wildman–Crippen MR) is 110 cm³/mol. The van der Waals surface area contributed by atoms with Crippen LogP contribution >= 0.6 is 12.2 Å². The Labute approximate surface area is 158 Å². The zero-order valence-electron chi connectivity index (χ0n) is 16.4. The smallest absolute Gasteiger partial charge is 0.408 e. The van der Waals surface area contributed by atoms with Crippen LogP contribution in [0.5, 0.6) is 0 Å². The molecule has 0 saturated heterocycles. The fourth-order valence-electron chi connectivity index (χ4n) is 2.85. The summed E-state index contributed by atoms with van der Waals surface area (Å²) in [6, 6.07) is 6.38. The van der Waals surface area contributed by atoms with Crippen LogP contribution in [0.15, 0.2) is 18.2 Å². The fraction of sp³-hybridized carbons (Fsp3) is 0.579. The standard InChI is InChI=1S/C19H30N2O2SSi/c1-19(2,3)23-18(22)20-16-11-9-13-12-14(8-10-15(13)16)17(24)21(4)25(5,6)7/h8,10,12,16H,9,11H2,1-7H3,(H,20,22). The van der Waals surface area contributed by atoms with Gasteiger partial charge in [0.2, 0.25) is 0 Å². The summed E-state index contributed by atoms with van der Waals surface area (Å²) < 4.78 is 7.63. The maximum absolute atomic E-state index is 12.0. The van der Waals surface area contributed by atoms with Gasteiger partial charge in [0.1, 0.15) is 18.8 Å². The number of fused-ring (bicyclic) bond motifs is 1. The average molecular weight is 379 g/mol. The summed E-state index contributed by atoms with van der Waals surface area (Å²) in [5, 5.41) is 2.99. The summed E-state index contributed by atoms with van der Waals surface area (Å²) in [4.78, 5) is 13.0. The third-order valence-corrected chi connectivity index (χ3v) is 7.38. The van der Waals surface area contributed by atoms with E-state index in [0.717, 1.165) is 23.4 Å². The van der Waals surface area contributed by atoms with Gasteiger partial charge < -0.3 is 14.6 Å². The van der Waals surface area contributed by atoms with Gasteiger partial charge in [-0.1, -0.05) is 44.0 Å². The highest BCUT2D eigenvalue weighted by molar-refractivity contribution is 7.80. The van der Waals surface area contributed by atoms with Gasteiger partial charge in [0, 0.05) is 5.56 Å². The molecule has 1 aliphatic carbocycles. The van der Waals surface area contributed by atoms with Crippen LogP contribution in [0.25, 0.3) is 0 Å². The minimum absolute atomic E-state index is 0.0159. The number of aryl methyl sites for hydroxylation is 1. The first-order chi connectivity index (χ1) is 11.4. The van der Waals surface area contributed by atoms with Gasteiger partial charge in [-0.25, -0.2) is 4.79 Å². The van der Waals surface area contributed by atoms with E-state index >= 15 is 0 Å². The monoisotopic (exact) mass is 378 g/mol. The first-order valence-electron chi connectivity index (χ1n) is 8.79. The number of alkyl carbamates (subject to hydrolysis) is 1. The predicted octanol–water partition coefficient (Wildman–Crippen LogP) is 4.64. The molecule has 1 N–H and O–H groups in total. The van der Waals surface area contributed by atoms with Gasteiger partial charge in [0.25, 0.3) is 0 Å². The third-order valence-electron chi connectivity index (χ3n) is 4.47. The molecule has 1 atom stereocenters. The quantitative estimate of drug-likeness (QED) is 0.614. The van der Waals surface area contributed by atoms with E-state index in [1.165, 1.54) is 11.1 Å². The zero-order valence-corrected chi connectivity index (χ0v) is 18.2. The van der Waals surface area contributed by atoms with Gasteiger partial charge in [0.15, 0.2) is 0 Å². The molecule has 1 aliphatic rings. The molecule has 0 bridgehead atoms. The molecule has 0 aromatic heterocycles. The van der Waals surface area contributed by atoms with E-state index < -0.39 is 13.8 Å². The number of hydrogen-bond donors (Lipinski definition) is 1. The highest BCUT2D eigenvalue weighted by atomic mass is 32.1. The second-order valence-corrected chi connectivity index (χ2v) is 14.1. The van der Waals surface area contributed by atoms with Crippen molar-refractivity contribution in [3.63, 3.8) is 0 Å². The lowest BCUT2D eigenvalue weighted by Gasteiger charge is -2.32. The molecule has 0 radical (unpaired) electrons. The molecule has 25 heavy (non-hydrogen) atoms. The summed E-state index contributed by atoms with van der Waals surface area (Å²) >= 11 is 5.69. The van der Waals surface area contributed by atoms with Gasteiger partial charge in [0.05, 0.1) is 6.04 Å². The minimum Gasteiger partial charge on any atom is -0.444 e. The molecule has 1 aromatic carbocycles. The second kappa shape index (κ2) is 7.07. The van der Waals surface area contributed by atoms with Crippen molar-refractivity contribution in [1.29, 1.82) is 0 Å². The number of hydrogen-bond acceptors (Lipinski definition) is 3. The Balaban J connectivity index is 2.13. The van der Waals surface area contributed by atoms with E-state index in [0.29, 0.717) is 0 Å². The van der Waals surface area contributed by atoms with Crippen molar-refractivity contribution >= 4 is 31.5 Å². The van der Waals surface area contributed by atoms with Crippen molar-refractivity contribution < 1.29 is 9.53 Å². The first-order valence-corrected chi connectivity index (χ1v) is 12.6. The summed E-state index contributed by atoms with van der Waals surface area (Å²) in [5.41, 5.74) is 3.05. The van der Waals surface area contributed by atoms with Crippen molar-refractivity contribution in [1.82, 2.24) is 9.88 Å². The maximum Gasteiger partial charge on any atom is 0.408 e. The summed E-state index contributed by atoms with van der Waals surface area (Å²) in [6.45, 7) is 12.5. The van der Waals surface area contributed by atoms with Crippen molar-refractivity contribution in [3.05, 3.63) is 34.9 Å². The van der Waals surface area contributed by atoms with E-state index in [4.69, 9.17) is 17.0 Å². The number of amides is 1. The molecule has 1 amide bonds. The van der Waals surface area contributed by atoms with E-state index in [2.05, 4.69) is 54.8 Å². The Morgan fingerprint density at radius 3 is 2.52 bits per heavy atom. The normalized spacial score (nSPS) is 17.0. The average Bonchev–Trinajstić information content (AvgIpc) is 2.85. The topological polar surface area (TPSA) is 41.6 Å². The fourth-order valence-corrected chi connectivity index (χ4v) is 4.54. The van der Waals surface area contributed by atoms with E-state index in [-0.39, 0.29) is 12.1 Å². The number of ether oxygens (including phenoxy) is 1. The van der Waals surface area contributed by atoms with Gasteiger partial charge in [-0.15, -0.1) is 0 Å². The van der Waals surface area contributed by atoms with Crippen LogP contribution in [0.4, 0.5) is 4.79 Å². The van der Waals surface area contributed by atoms with Gasteiger partial charge in [-0.05, 0) is 57.9 Å². The van der Waals surface area contributed by atoms with Crippen molar-refractivity contribution in [3.8, 4) is 0 Å². The van der Waals surface area contributed by atoms with Crippen molar-refractivity contribution in [2.24, 2.45) is 0 Å². The zero-order chi connectivity index (χ0) is 19.0. The number of carbonyl (C=O) groups excluding carboxylic acids is 1. The molecule has 0 fully saturated rings. The van der Waals surface area contributed by atoms with Crippen LogP contribution in [0.2, 0.25) is 19.6 Å². The van der Waals surface area contributed by atoms with E-state index in [1.54, 1.807) is 0 Å². The van der Waals surface area contributed by atoms with Crippen LogP contribution in [0.1, 0.15) is 49.9 Å². The maximum atomic E-state index is 12.0. The Morgan fingerprint density at radius 1 is 1.32 bits per heavy atom. The highest BCUT2D eigenvalue weighted by Crippen LogP contribution is 2.32. The van der Waals surface area contributed by atoms with Gasteiger partial charge in [-0.3, -0.25) is 0 Å². The highest BCUT2D eigenvalue weighted by Gasteiger charge is 2.28. The summed E-state index contributed by atoms with van der Waals surface area (Å²) in [5.74, 6) is 0. The number of rotatable bonds is 3. The lowest BCUT2D eigenvalue weighted by Crippen LogP contribution is -2.46. The number of nitrogens with zero attached hydrogens (tertiary/aromatic N) is 1. The number of thiocarbonyl (C=S) groups is 1. The molecule has 0 heterocycles. The van der Waals surface area contributed by atoms with Crippen LogP contribution in [0.3, 0.4) is 0 Å². The van der Waals surface area contributed by atoms with Crippen LogP contribution in [-0.4, -0.2) is 36.5 Å². The molecule has 138 valence electrons. The molecule has 1 aromatic rings. The minimum atomic E-state index is -1.47. The Morgan fingerprint density at radius 2 is 1.96 bits per heavy atom. The number of benzene rings is 1. The molecule has 4 nitrogen and oxygen atoms in total. The second-order valence-electron chi connectivity index (χ2n) is 8.69. The molecule has 1 unspecified atom stereocenters.